The van der Waals surface area contributed by atoms with Gasteiger partial charge in [-0.2, -0.15) is 0 Å². The quantitative estimate of drug-likeness (QED) is 0.556. The Morgan fingerprint density at radius 2 is 2.10 bits per heavy atom. The number of rotatable bonds is 5. The van der Waals surface area contributed by atoms with Gasteiger partial charge in [-0.3, -0.25) is 15.0 Å². The van der Waals surface area contributed by atoms with Gasteiger partial charge in [0, 0.05) is 34.1 Å². The van der Waals surface area contributed by atoms with Gasteiger partial charge in [-0.05, 0) is 37.2 Å². The molecule has 0 aliphatic carbocycles. The summed E-state index contributed by atoms with van der Waals surface area (Å²) < 4.78 is 0. The van der Waals surface area contributed by atoms with Gasteiger partial charge in [-0.25, -0.2) is 0 Å². The normalized spacial score (nSPS) is 12.6. The minimum atomic E-state index is -0.367. The summed E-state index contributed by atoms with van der Waals surface area (Å²) in [6.07, 6.45) is 0. The maximum atomic E-state index is 10.7. The van der Waals surface area contributed by atoms with Crippen LogP contribution in [-0.4, -0.2) is 16.9 Å². The number of nitrogens with zero attached hydrogens (tertiary/aromatic N) is 2. The summed E-state index contributed by atoms with van der Waals surface area (Å²) in [6.45, 7) is 2.65. The number of thiophene rings is 1. The Balaban J connectivity index is 2.11. The zero-order valence-corrected chi connectivity index (χ0v) is 13.9. The van der Waals surface area contributed by atoms with Gasteiger partial charge in [0.05, 0.1) is 4.92 Å². The molecule has 0 fully saturated rings. The van der Waals surface area contributed by atoms with Crippen LogP contribution in [0.3, 0.4) is 0 Å². The third kappa shape index (κ3) is 3.95. The largest absolute Gasteiger partial charge is 0.324 e. The van der Waals surface area contributed by atoms with Crippen LogP contribution in [0.1, 0.15) is 24.1 Å². The van der Waals surface area contributed by atoms with E-state index in [2.05, 4.69) is 4.90 Å². The molecular formula is C14H14Cl2N2O2S. The molecule has 2 rings (SSSR count). The number of nitro groups is 1. The first-order valence-corrected chi connectivity index (χ1v) is 7.89. The van der Waals surface area contributed by atoms with Crippen molar-refractivity contribution in [2.45, 2.75) is 19.5 Å². The minimum absolute atomic E-state index is 0.0775. The monoisotopic (exact) mass is 344 g/mol. The summed E-state index contributed by atoms with van der Waals surface area (Å²) in [4.78, 5) is 12.4. The molecule has 0 radical (unpaired) electrons. The van der Waals surface area contributed by atoms with Crippen LogP contribution in [0, 0.1) is 10.1 Å². The molecule has 1 aromatic heterocycles. The molecule has 1 atom stereocenters. The standard InChI is InChI=1S/C14H14Cl2N2O2S/c1-9(12-4-3-11(15)6-13(12)16)17(2)7-10-5-14(18(19)20)21-8-10/h3-6,8-9H,7H2,1-2H3/t9-/m0/s1. The zero-order valence-electron chi connectivity index (χ0n) is 11.5. The molecule has 4 nitrogen and oxygen atoms in total. The van der Waals surface area contributed by atoms with Crippen LogP contribution in [-0.2, 0) is 6.54 Å². The average Bonchev–Trinajstić information content (AvgIpc) is 2.86. The summed E-state index contributed by atoms with van der Waals surface area (Å²) in [5.41, 5.74) is 1.90. The summed E-state index contributed by atoms with van der Waals surface area (Å²) in [5.74, 6) is 0. The molecule has 0 saturated heterocycles. The molecule has 1 heterocycles. The van der Waals surface area contributed by atoms with Gasteiger partial charge >= 0.3 is 5.00 Å². The fourth-order valence-electron chi connectivity index (χ4n) is 2.04. The van der Waals surface area contributed by atoms with Gasteiger partial charge in [-0.1, -0.05) is 40.6 Å². The number of hydrogen-bond donors (Lipinski definition) is 0. The Kier molecular flexibility index (Phi) is 5.22. The molecule has 112 valence electrons. The van der Waals surface area contributed by atoms with Crippen LogP contribution in [0.5, 0.6) is 0 Å². The Bertz CT molecular complexity index is 660. The van der Waals surface area contributed by atoms with E-state index in [9.17, 15) is 10.1 Å². The summed E-state index contributed by atoms with van der Waals surface area (Å²) in [5, 5.41) is 13.9. The Hall–Kier alpha value is -1.14. The van der Waals surface area contributed by atoms with Gasteiger partial charge in [0.2, 0.25) is 0 Å². The fraction of sp³-hybridized carbons (Fsp3) is 0.286. The summed E-state index contributed by atoms with van der Waals surface area (Å²) in [6, 6.07) is 7.12. The molecule has 7 heteroatoms. The van der Waals surface area contributed by atoms with Gasteiger partial charge < -0.3 is 0 Å². The summed E-state index contributed by atoms with van der Waals surface area (Å²) in [7, 11) is 1.96. The van der Waals surface area contributed by atoms with Crippen LogP contribution >= 0.6 is 34.5 Å². The van der Waals surface area contributed by atoms with Gasteiger partial charge in [0.1, 0.15) is 0 Å². The van der Waals surface area contributed by atoms with Crippen LogP contribution in [0.25, 0.3) is 0 Å². The lowest BCUT2D eigenvalue weighted by Gasteiger charge is -2.25. The van der Waals surface area contributed by atoms with E-state index in [-0.39, 0.29) is 16.0 Å². The van der Waals surface area contributed by atoms with E-state index in [1.807, 2.05) is 31.5 Å². The Morgan fingerprint density at radius 3 is 2.67 bits per heavy atom. The zero-order chi connectivity index (χ0) is 15.6. The van der Waals surface area contributed by atoms with Crippen molar-refractivity contribution < 1.29 is 4.92 Å². The van der Waals surface area contributed by atoms with E-state index in [1.165, 1.54) is 0 Å². The van der Waals surface area contributed by atoms with E-state index in [4.69, 9.17) is 23.2 Å². The maximum Gasteiger partial charge on any atom is 0.324 e. The molecule has 0 unspecified atom stereocenters. The first-order valence-electron chi connectivity index (χ1n) is 6.25. The second-order valence-electron chi connectivity index (χ2n) is 4.81. The third-order valence-corrected chi connectivity index (χ3v) is 4.82. The van der Waals surface area contributed by atoms with Gasteiger partial charge in [-0.15, -0.1) is 0 Å². The van der Waals surface area contributed by atoms with Crippen molar-refractivity contribution in [2.24, 2.45) is 0 Å². The highest BCUT2D eigenvalue weighted by atomic mass is 35.5. The fourth-order valence-corrected chi connectivity index (χ4v) is 3.33. The lowest BCUT2D eigenvalue weighted by molar-refractivity contribution is -0.380. The molecule has 0 spiro atoms. The number of hydrogen-bond acceptors (Lipinski definition) is 4. The Labute approximate surface area is 137 Å². The van der Waals surface area contributed by atoms with Crippen molar-refractivity contribution in [3.8, 4) is 0 Å². The maximum absolute atomic E-state index is 10.7. The van der Waals surface area contributed by atoms with Gasteiger partial charge in [0.15, 0.2) is 0 Å². The smallest absolute Gasteiger partial charge is 0.295 e. The number of benzene rings is 1. The second kappa shape index (κ2) is 6.75. The molecular weight excluding hydrogens is 331 g/mol. The van der Waals surface area contributed by atoms with Crippen molar-refractivity contribution in [3.05, 3.63) is 60.9 Å². The molecule has 0 amide bonds. The highest BCUT2D eigenvalue weighted by Crippen LogP contribution is 2.31. The van der Waals surface area contributed by atoms with Crippen LogP contribution in [0.4, 0.5) is 5.00 Å². The predicted octanol–water partition coefficient (Wildman–Crippen LogP) is 5.16. The van der Waals surface area contributed by atoms with E-state index in [1.54, 1.807) is 12.1 Å². The lowest BCUT2D eigenvalue weighted by atomic mass is 10.1. The molecule has 21 heavy (non-hydrogen) atoms. The van der Waals surface area contributed by atoms with E-state index >= 15 is 0 Å². The lowest BCUT2D eigenvalue weighted by Crippen LogP contribution is -2.21. The molecule has 0 aliphatic heterocycles. The molecule has 1 aromatic carbocycles. The molecule has 0 aliphatic rings. The molecule has 0 saturated carbocycles. The first-order chi connectivity index (χ1) is 9.88. The average molecular weight is 345 g/mol. The third-order valence-electron chi connectivity index (χ3n) is 3.33. The van der Waals surface area contributed by atoms with Crippen molar-refractivity contribution >= 4 is 39.5 Å². The van der Waals surface area contributed by atoms with Gasteiger partial charge in [0.25, 0.3) is 0 Å². The molecule has 2 aromatic rings. The first kappa shape index (κ1) is 16.2. The second-order valence-corrected chi connectivity index (χ2v) is 6.54. The highest BCUT2D eigenvalue weighted by molar-refractivity contribution is 7.13. The van der Waals surface area contributed by atoms with Crippen molar-refractivity contribution in [1.82, 2.24) is 4.90 Å². The van der Waals surface area contributed by atoms with Crippen LogP contribution in [0.15, 0.2) is 29.6 Å². The van der Waals surface area contributed by atoms with Crippen molar-refractivity contribution in [1.29, 1.82) is 0 Å². The van der Waals surface area contributed by atoms with Crippen molar-refractivity contribution in [2.75, 3.05) is 7.05 Å². The van der Waals surface area contributed by atoms with Crippen LogP contribution < -0.4 is 0 Å². The SMILES string of the molecule is C[C@@H](c1ccc(Cl)cc1Cl)N(C)Cc1csc([N+](=O)[O-])c1. The Morgan fingerprint density at radius 1 is 1.38 bits per heavy atom. The molecule has 0 N–H and O–H groups in total. The number of halogens is 2. The van der Waals surface area contributed by atoms with E-state index in [0.29, 0.717) is 16.6 Å². The highest BCUT2D eigenvalue weighted by Gasteiger charge is 2.17. The van der Waals surface area contributed by atoms with Crippen molar-refractivity contribution in [3.63, 3.8) is 0 Å². The topological polar surface area (TPSA) is 46.4 Å². The molecule has 0 bridgehead atoms. The minimum Gasteiger partial charge on any atom is -0.295 e. The van der Waals surface area contributed by atoms with Crippen LogP contribution in [0.2, 0.25) is 10.0 Å². The summed E-state index contributed by atoms with van der Waals surface area (Å²) >= 11 is 13.3. The van der Waals surface area contributed by atoms with E-state index in [0.717, 1.165) is 22.5 Å². The predicted molar refractivity (Wildman–Crippen MR) is 87.3 cm³/mol. The van der Waals surface area contributed by atoms with E-state index < -0.39 is 0 Å².